The molecule has 86 valence electrons. The van der Waals surface area contributed by atoms with Gasteiger partial charge in [-0.25, -0.2) is 0 Å². The van der Waals surface area contributed by atoms with E-state index in [1.54, 1.807) is 13.8 Å². The van der Waals surface area contributed by atoms with Crippen molar-refractivity contribution in [3.63, 3.8) is 0 Å². The predicted octanol–water partition coefficient (Wildman–Crippen LogP) is 1.31. The zero-order chi connectivity index (χ0) is 11.4. The summed E-state index contributed by atoms with van der Waals surface area (Å²) in [6.07, 6.45) is 0. The van der Waals surface area contributed by atoms with Gasteiger partial charge >= 0.3 is 7.60 Å². The molecular weight excluding hydrogens is 205 g/mol. The first-order chi connectivity index (χ1) is 6.28. The average Bonchev–Trinajstić information content (AvgIpc) is 2.02. The van der Waals surface area contributed by atoms with Crippen LogP contribution in [0.4, 0.5) is 0 Å². The van der Waals surface area contributed by atoms with Gasteiger partial charge in [0.05, 0.1) is 18.8 Å². The Morgan fingerprint density at radius 2 is 1.71 bits per heavy atom. The molecule has 6 heteroatoms. The van der Waals surface area contributed by atoms with Gasteiger partial charge in [0.25, 0.3) is 0 Å². The highest BCUT2D eigenvalue weighted by atomic mass is 31.2. The van der Waals surface area contributed by atoms with Crippen LogP contribution in [-0.4, -0.2) is 29.7 Å². The monoisotopic (exact) mass is 225 g/mol. The van der Waals surface area contributed by atoms with Gasteiger partial charge in [0.2, 0.25) is 0 Å². The van der Waals surface area contributed by atoms with Gasteiger partial charge in [-0.1, -0.05) is 0 Å². The molecule has 0 aliphatic carbocycles. The quantitative estimate of drug-likeness (QED) is 0.666. The van der Waals surface area contributed by atoms with Crippen LogP contribution in [0.5, 0.6) is 0 Å². The molecule has 0 fully saturated rings. The molecule has 0 saturated carbocycles. The fourth-order valence-corrected chi connectivity index (χ4v) is 2.83. The lowest BCUT2D eigenvalue weighted by molar-refractivity contribution is 0.0616. The van der Waals surface area contributed by atoms with E-state index in [4.69, 9.17) is 14.8 Å². The van der Waals surface area contributed by atoms with E-state index in [9.17, 15) is 9.67 Å². The highest BCUT2D eigenvalue weighted by Crippen LogP contribution is 2.53. The summed E-state index contributed by atoms with van der Waals surface area (Å²) in [5.41, 5.74) is 4.35. The molecular formula is C8H20NO4P. The zero-order valence-electron chi connectivity index (χ0n) is 9.19. The second kappa shape index (κ2) is 5.24. The van der Waals surface area contributed by atoms with Gasteiger partial charge in [-0.15, -0.1) is 0 Å². The minimum absolute atomic E-state index is 0.237. The molecule has 0 aromatic carbocycles. The summed E-state index contributed by atoms with van der Waals surface area (Å²) in [5, 5.41) is 9.62. The van der Waals surface area contributed by atoms with Gasteiger partial charge in [0.15, 0.2) is 0 Å². The van der Waals surface area contributed by atoms with Crippen LogP contribution in [-0.2, 0) is 13.6 Å². The van der Waals surface area contributed by atoms with E-state index in [2.05, 4.69) is 0 Å². The third-order valence-electron chi connectivity index (χ3n) is 1.68. The molecule has 3 N–H and O–H groups in total. The second-order valence-electron chi connectivity index (χ2n) is 3.47. The number of hydrogen-bond acceptors (Lipinski definition) is 5. The van der Waals surface area contributed by atoms with E-state index < -0.39 is 19.0 Å². The fraction of sp³-hybridized carbons (Fsp3) is 1.00. The largest absolute Gasteiger partial charge is 0.388 e. The second-order valence-corrected chi connectivity index (χ2v) is 5.63. The van der Waals surface area contributed by atoms with Crippen molar-refractivity contribution in [1.82, 2.24) is 0 Å². The number of hydrogen-bond donors (Lipinski definition) is 2. The van der Waals surface area contributed by atoms with Crippen LogP contribution in [0.15, 0.2) is 0 Å². The Labute approximate surface area is 85.1 Å². The minimum atomic E-state index is -3.40. The lowest BCUT2D eigenvalue weighted by Gasteiger charge is -2.31. The lowest BCUT2D eigenvalue weighted by Crippen LogP contribution is -2.43. The number of nitrogens with two attached hydrogens (primary N) is 1. The van der Waals surface area contributed by atoms with Gasteiger partial charge in [0.1, 0.15) is 5.78 Å². The van der Waals surface area contributed by atoms with E-state index in [-0.39, 0.29) is 13.2 Å². The summed E-state index contributed by atoms with van der Waals surface area (Å²) in [6, 6.07) is 0. The summed E-state index contributed by atoms with van der Waals surface area (Å²) in [7, 11) is -3.40. The first-order valence-corrected chi connectivity index (χ1v) is 6.25. The highest BCUT2D eigenvalue weighted by Gasteiger charge is 2.42. The summed E-state index contributed by atoms with van der Waals surface area (Å²) in [6.45, 7) is 6.82. The maximum Gasteiger partial charge on any atom is 0.350 e. The van der Waals surface area contributed by atoms with E-state index in [0.29, 0.717) is 0 Å². The topological polar surface area (TPSA) is 81.8 Å². The van der Waals surface area contributed by atoms with Crippen LogP contribution in [0, 0.1) is 0 Å². The van der Waals surface area contributed by atoms with Crippen LogP contribution in [0.1, 0.15) is 27.7 Å². The van der Waals surface area contributed by atoms with Gasteiger partial charge in [0, 0.05) is 0 Å². The van der Waals surface area contributed by atoms with Crippen molar-refractivity contribution < 1.29 is 18.7 Å². The number of aliphatic hydroxyl groups is 1. The summed E-state index contributed by atoms with van der Waals surface area (Å²) < 4.78 is 22.0. The molecule has 1 atom stereocenters. The summed E-state index contributed by atoms with van der Waals surface area (Å²) in [4.78, 5) is 0. The van der Waals surface area contributed by atoms with Crippen molar-refractivity contribution in [3.8, 4) is 0 Å². The SMILES string of the molecule is CCOP(=O)(OCC)C(N)C(C)(C)O. The van der Waals surface area contributed by atoms with Crippen LogP contribution in [0.3, 0.4) is 0 Å². The Hall–Kier alpha value is 0.0700. The van der Waals surface area contributed by atoms with Crippen LogP contribution in [0.25, 0.3) is 0 Å². The molecule has 1 unspecified atom stereocenters. The zero-order valence-corrected chi connectivity index (χ0v) is 10.1. The smallest absolute Gasteiger partial charge is 0.350 e. The van der Waals surface area contributed by atoms with Crippen molar-refractivity contribution in [2.24, 2.45) is 5.73 Å². The first-order valence-electron chi connectivity index (χ1n) is 4.64. The molecule has 0 radical (unpaired) electrons. The Kier molecular flexibility index (Phi) is 5.26. The van der Waals surface area contributed by atoms with Crippen molar-refractivity contribution >= 4 is 7.60 Å². The molecule has 0 heterocycles. The Morgan fingerprint density at radius 1 is 1.36 bits per heavy atom. The molecule has 0 saturated heterocycles. The Bertz CT molecular complexity index is 204. The molecule has 0 amide bonds. The van der Waals surface area contributed by atoms with Gasteiger partial charge in [-0.05, 0) is 27.7 Å². The van der Waals surface area contributed by atoms with Crippen LogP contribution < -0.4 is 5.73 Å². The third kappa shape index (κ3) is 3.67. The minimum Gasteiger partial charge on any atom is -0.388 e. The van der Waals surface area contributed by atoms with Crippen molar-refractivity contribution in [3.05, 3.63) is 0 Å². The van der Waals surface area contributed by atoms with Crippen LogP contribution in [0.2, 0.25) is 0 Å². The average molecular weight is 225 g/mol. The van der Waals surface area contributed by atoms with Crippen molar-refractivity contribution in [2.45, 2.75) is 39.1 Å². The van der Waals surface area contributed by atoms with Gasteiger partial charge < -0.3 is 19.9 Å². The fourth-order valence-electron chi connectivity index (χ4n) is 0.945. The third-order valence-corrected chi connectivity index (χ3v) is 4.23. The van der Waals surface area contributed by atoms with E-state index in [1.807, 2.05) is 0 Å². The van der Waals surface area contributed by atoms with E-state index >= 15 is 0 Å². The molecule has 0 rings (SSSR count). The van der Waals surface area contributed by atoms with Crippen molar-refractivity contribution in [1.29, 1.82) is 0 Å². The molecule has 14 heavy (non-hydrogen) atoms. The van der Waals surface area contributed by atoms with E-state index in [1.165, 1.54) is 13.8 Å². The maximum atomic E-state index is 12.0. The highest BCUT2D eigenvalue weighted by molar-refractivity contribution is 7.54. The van der Waals surface area contributed by atoms with Gasteiger partial charge in [-0.2, -0.15) is 0 Å². The molecule has 0 bridgehead atoms. The Balaban J connectivity index is 4.73. The molecule has 0 spiro atoms. The Morgan fingerprint density at radius 3 is 1.93 bits per heavy atom. The standard InChI is InChI=1S/C8H20NO4P/c1-5-12-14(11,13-6-2)7(9)8(3,4)10/h7,10H,5-6,9H2,1-4H3. The molecule has 0 aliphatic rings. The van der Waals surface area contributed by atoms with Crippen LogP contribution >= 0.6 is 7.60 Å². The predicted molar refractivity (Wildman–Crippen MR) is 55.1 cm³/mol. The maximum absolute atomic E-state index is 12.0. The molecule has 0 aliphatic heterocycles. The van der Waals surface area contributed by atoms with Gasteiger partial charge in [-0.3, -0.25) is 4.57 Å². The molecule has 0 aromatic rings. The summed E-state index contributed by atoms with van der Waals surface area (Å²) in [5.74, 6) is -1.03. The lowest BCUT2D eigenvalue weighted by atomic mass is 10.1. The van der Waals surface area contributed by atoms with E-state index in [0.717, 1.165) is 0 Å². The number of rotatable bonds is 6. The first kappa shape index (κ1) is 14.1. The molecule has 5 nitrogen and oxygen atoms in total. The molecule has 0 aromatic heterocycles. The normalized spacial score (nSPS) is 15.6. The summed E-state index contributed by atoms with van der Waals surface area (Å²) >= 11 is 0. The van der Waals surface area contributed by atoms with Crippen molar-refractivity contribution in [2.75, 3.05) is 13.2 Å².